The Morgan fingerprint density at radius 3 is 2.52 bits per heavy atom. The van der Waals surface area contributed by atoms with E-state index in [1.165, 1.54) is 13.2 Å². The average molecular weight is 345 g/mol. The lowest BCUT2D eigenvalue weighted by Crippen LogP contribution is -2.49. The zero-order chi connectivity index (χ0) is 18.2. The molecule has 0 bridgehead atoms. The third-order valence-electron chi connectivity index (χ3n) is 5.09. The minimum atomic E-state index is -1.41. The molecule has 1 saturated heterocycles. The van der Waals surface area contributed by atoms with Crippen molar-refractivity contribution in [3.05, 3.63) is 45.3 Å². The second-order valence-electron chi connectivity index (χ2n) is 6.82. The molecule has 0 aliphatic carbocycles. The SMILES string of the molecule is COC(=O)C1(O)CCN(Cc2cc(=O)oc3cc(C)c(C)cc23)CC1. The summed E-state index contributed by atoms with van der Waals surface area (Å²) in [5.41, 5.74) is 1.94. The van der Waals surface area contributed by atoms with Gasteiger partial charge in [-0.15, -0.1) is 0 Å². The molecular formula is C19H23NO5. The molecule has 2 aromatic rings. The highest BCUT2D eigenvalue weighted by Crippen LogP contribution is 2.27. The van der Waals surface area contributed by atoms with Gasteiger partial charge in [-0.05, 0) is 55.5 Å². The monoisotopic (exact) mass is 345 g/mol. The van der Waals surface area contributed by atoms with E-state index in [2.05, 4.69) is 9.64 Å². The first-order valence-electron chi connectivity index (χ1n) is 8.39. The summed E-state index contributed by atoms with van der Waals surface area (Å²) < 4.78 is 10.0. The number of carbonyl (C=O) groups excluding carboxylic acids is 1. The molecule has 134 valence electrons. The summed E-state index contributed by atoms with van der Waals surface area (Å²) in [6.07, 6.45) is 0.633. The van der Waals surface area contributed by atoms with Gasteiger partial charge < -0.3 is 14.3 Å². The summed E-state index contributed by atoms with van der Waals surface area (Å²) in [5.74, 6) is -0.580. The maximum Gasteiger partial charge on any atom is 0.337 e. The third-order valence-corrected chi connectivity index (χ3v) is 5.09. The maximum atomic E-state index is 11.9. The highest BCUT2D eigenvalue weighted by molar-refractivity contribution is 5.82. The van der Waals surface area contributed by atoms with E-state index in [1.807, 2.05) is 26.0 Å². The molecule has 0 amide bonds. The number of nitrogens with zero attached hydrogens (tertiary/aromatic N) is 1. The summed E-state index contributed by atoms with van der Waals surface area (Å²) >= 11 is 0. The second kappa shape index (κ2) is 6.61. The summed E-state index contributed by atoms with van der Waals surface area (Å²) in [4.78, 5) is 25.7. The Morgan fingerprint density at radius 1 is 1.24 bits per heavy atom. The quantitative estimate of drug-likeness (QED) is 0.676. The van der Waals surface area contributed by atoms with Crippen LogP contribution in [0.1, 0.15) is 29.5 Å². The summed E-state index contributed by atoms with van der Waals surface area (Å²) in [6.45, 7) is 5.69. The molecule has 2 heterocycles. The summed E-state index contributed by atoms with van der Waals surface area (Å²) in [5, 5.41) is 11.3. The molecule has 0 spiro atoms. The fraction of sp³-hybridized carbons (Fsp3) is 0.474. The molecule has 6 heteroatoms. The number of carbonyl (C=O) groups is 1. The van der Waals surface area contributed by atoms with Gasteiger partial charge in [0, 0.05) is 31.1 Å². The third kappa shape index (κ3) is 3.45. The normalized spacial score (nSPS) is 17.6. The molecule has 1 aliphatic heterocycles. The molecule has 0 atom stereocenters. The van der Waals surface area contributed by atoms with Crippen molar-refractivity contribution in [3.63, 3.8) is 0 Å². The van der Waals surface area contributed by atoms with Crippen LogP contribution in [0.5, 0.6) is 0 Å². The van der Waals surface area contributed by atoms with Crippen molar-refractivity contribution in [2.24, 2.45) is 0 Å². The lowest BCUT2D eigenvalue weighted by molar-refractivity contribution is -0.167. The number of likely N-dealkylation sites (tertiary alicyclic amines) is 1. The van der Waals surface area contributed by atoms with E-state index in [9.17, 15) is 14.7 Å². The lowest BCUT2D eigenvalue weighted by Gasteiger charge is -2.36. The van der Waals surface area contributed by atoms with Gasteiger partial charge in [-0.3, -0.25) is 4.90 Å². The first kappa shape index (κ1) is 17.6. The molecule has 6 nitrogen and oxygen atoms in total. The molecule has 0 radical (unpaired) electrons. The van der Waals surface area contributed by atoms with Crippen LogP contribution in [0.2, 0.25) is 0 Å². The Balaban J connectivity index is 1.84. The predicted molar refractivity (Wildman–Crippen MR) is 93.4 cm³/mol. The molecule has 0 unspecified atom stereocenters. The molecule has 25 heavy (non-hydrogen) atoms. The van der Waals surface area contributed by atoms with Gasteiger partial charge in [0.2, 0.25) is 0 Å². The molecule has 1 aliphatic rings. The Labute approximate surface area is 146 Å². The minimum absolute atomic E-state index is 0.317. The number of hydrogen-bond acceptors (Lipinski definition) is 6. The molecule has 1 aromatic heterocycles. The van der Waals surface area contributed by atoms with Crippen molar-refractivity contribution in [2.75, 3.05) is 20.2 Å². The topological polar surface area (TPSA) is 80.0 Å². The van der Waals surface area contributed by atoms with Crippen LogP contribution in [0.3, 0.4) is 0 Å². The Kier molecular flexibility index (Phi) is 4.67. The number of aliphatic hydroxyl groups is 1. The summed E-state index contributed by atoms with van der Waals surface area (Å²) in [6, 6.07) is 5.46. The van der Waals surface area contributed by atoms with E-state index in [1.54, 1.807) is 0 Å². The zero-order valence-corrected chi connectivity index (χ0v) is 14.8. The van der Waals surface area contributed by atoms with Crippen LogP contribution in [0.4, 0.5) is 0 Å². The largest absolute Gasteiger partial charge is 0.467 e. The zero-order valence-electron chi connectivity index (χ0n) is 14.8. The highest BCUT2D eigenvalue weighted by Gasteiger charge is 2.40. The first-order valence-corrected chi connectivity index (χ1v) is 8.39. The van der Waals surface area contributed by atoms with E-state index >= 15 is 0 Å². The molecule has 1 aromatic carbocycles. The number of benzene rings is 1. The van der Waals surface area contributed by atoms with Crippen LogP contribution in [-0.2, 0) is 16.1 Å². The van der Waals surface area contributed by atoms with Crippen molar-refractivity contribution in [1.82, 2.24) is 4.90 Å². The van der Waals surface area contributed by atoms with Crippen molar-refractivity contribution in [2.45, 2.75) is 38.8 Å². The van der Waals surface area contributed by atoms with Gasteiger partial charge in [0.1, 0.15) is 5.58 Å². The van der Waals surface area contributed by atoms with Crippen LogP contribution in [0.25, 0.3) is 11.0 Å². The molecular weight excluding hydrogens is 322 g/mol. The van der Waals surface area contributed by atoms with Gasteiger partial charge in [-0.25, -0.2) is 9.59 Å². The van der Waals surface area contributed by atoms with Crippen LogP contribution in [0, 0.1) is 13.8 Å². The number of esters is 1. The van der Waals surface area contributed by atoms with Crippen molar-refractivity contribution in [1.29, 1.82) is 0 Å². The Morgan fingerprint density at radius 2 is 1.88 bits per heavy atom. The molecule has 1 N–H and O–H groups in total. The van der Waals surface area contributed by atoms with Crippen molar-refractivity contribution >= 4 is 16.9 Å². The Hall–Kier alpha value is -2.18. The molecule has 3 rings (SSSR count). The highest BCUT2D eigenvalue weighted by atomic mass is 16.5. The number of aryl methyl sites for hydroxylation is 2. The first-order chi connectivity index (χ1) is 11.8. The average Bonchev–Trinajstić information content (AvgIpc) is 2.58. The number of ether oxygens (including phenoxy) is 1. The van der Waals surface area contributed by atoms with Crippen molar-refractivity contribution < 1.29 is 19.1 Å². The van der Waals surface area contributed by atoms with Gasteiger partial charge >= 0.3 is 11.6 Å². The maximum absolute atomic E-state index is 11.9. The van der Waals surface area contributed by atoms with Gasteiger partial charge in [0.25, 0.3) is 0 Å². The fourth-order valence-corrected chi connectivity index (χ4v) is 3.33. The van der Waals surface area contributed by atoms with Crippen molar-refractivity contribution in [3.8, 4) is 0 Å². The van der Waals surface area contributed by atoms with E-state index in [-0.39, 0.29) is 5.63 Å². The smallest absolute Gasteiger partial charge is 0.337 e. The number of rotatable bonds is 3. The van der Waals surface area contributed by atoms with Gasteiger partial charge in [-0.1, -0.05) is 0 Å². The standard InChI is InChI=1S/C19H23NO5/c1-12-8-15-14(10-17(21)25-16(15)9-13(12)2)11-20-6-4-19(23,5-7-20)18(22)24-3/h8-10,23H,4-7,11H2,1-3H3. The van der Waals surface area contributed by atoms with E-state index in [0.717, 1.165) is 22.1 Å². The van der Waals surface area contributed by atoms with Crippen LogP contribution < -0.4 is 5.63 Å². The second-order valence-corrected chi connectivity index (χ2v) is 6.82. The predicted octanol–water partition coefficient (Wildman–Crippen LogP) is 1.91. The van der Waals surface area contributed by atoms with E-state index in [0.29, 0.717) is 38.1 Å². The number of methoxy groups -OCH3 is 1. The Bertz CT molecular complexity index is 862. The fourth-order valence-electron chi connectivity index (χ4n) is 3.33. The van der Waals surface area contributed by atoms with E-state index < -0.39 is 11.6 Å². The van der Waals surface area contributed by atoms with Gasteiger partial charge in [0.05, 0.1) is 7.11 Å². The minimum Gasteiger partial charge on any atom is -0.467 e. The van der Waals surface area contributed by atoms with E-state index in [4.69, 9.17) is 4.42 Å². The van der Waals surface area contributed by atoms with Gasteiger partial charge in [-0.2, -0.15) is 0 Å². The number of piperidine rings is 1. The molecule has 1 fully saturated rings. The van der Waals surface area contributed by atoms with Crippen LogP contribution in [0.15, 0.2) is 27.4 Å². The van der Waals surface area contributed by atoms with Gasteiger partial charge in [0.15, 0.2) is 5.60 Å². The number of hydrogen-bond donors (Lipinski definition) is 1. The molecule has 0 saturated carbocycles. The van der Waals surface area contributed by atoms with Crippen LogP contribution in [-0.4, -0.2) is 41.8 Å². The van der Waals surface area contributed by atoms with Crippen LogP contribution >= 0.6 is 0 Å². The summed E-state index contributed by atoms with van der Waals surface area (Å²) in [7, 11) is 1.28. The number of fused-ring (bicyclic) bond motifs is 1. The lowest BCUT2D eigenvalue weighted by atomic mass is 9.91.